The number of alkyl halides is 2. The largest absolute Gasteiger partial charge is 0.377 e. The van der Waals surface area contributed by atoms with Gasteiger partial charge in [0.05, 0.1) is 30.8 Å². The van der Waals surface area contributed by atoms with Gasteiger partial charge in [0, 0.05) is 50.1 Å². The van der Waals surface area contributed by atoms with Gasteiger partial charge in [-0.05, 0) is 72.7 Å². The number of benzene rings is 1. The predicted molar refractivity (Wildman–Crippen MR) is 158 cm³/mol. The van der Waals surface area contributed by atoms with Gasteiger partial charge in [0.25, 0.3) is 23.3 Å². The second-order valence-corrected chi connectivity index (χ2v) is 11.7. The van der Waals surface area contributed by atoms with Crippen LogP contribution in [0.3, 0.4) is 0 Å². The highest BCUT2D eigenvalue weighted by atomic mass is 19.3. The van der Waals surface area contributed by atoms with Crippen LogP contribution >= 0.6 is 0 Å². The van der Waals surface area contributed by atoms with E-state index in [2.05, 4.69) is 15.6 Å². The molecule has 1 aromatic carbocycles. The molecule has 44 heavy (non-hydrogen) atoms. The Labute approximate surface area is 252 Å². The molecule has 2 amide bonds. The Morgan fingerprint density at radius 1 is 1.14 bits per heavy atom. The summed E-state index contributed by atoms with van der Waals surface area (Å²) in [6.45, 7) is 0.502. The molecule has 12 heteroatoms. The Morgan fingerprint density at radius 3 is 2.61 bits per heavy atom. The second kappa shape index (κ2) is 11.9. The highest BCUT2D eigenvalue weighted by Crippen LogP contribution is 2.41. The lowest BCUT2D eigenvalue weighted by molar-refractivity contribution is -0.113. The summed E-state index contributed by atoms with van der Waals surface area (Å²) < 4.78 is 34.2. The van der Waals surface area contributed by atoms with E-state index in [0.717, 1.165) is 42.8 Å². The second-order valence-electron chi connectivity index (χ2n) is 11.7. The Kier molecular flexibility index (Phi) is 8.00. The fraction of sp³-hybridized carbons (Fsp3) is 0.406. The van der Waals surface area contributed by atoms with Crippen LogP contribution in [0.25, 0.3) is 11.1 Å². The molecule has 6 rings (SSSR count). The number of aromatic nitrogens is 2. The first-order valence-corrected chi connectivity index (χ1v) is 14.7. The zero-order valence-electron chi connectivity index (χ0n) is 24.2. The van der Waals surface area contributed by atoms with Crippen molar-refractivity contribution in [2.24, 2.45) is 7.05 Å². The number of carbonyl (C=O) groups is 2. The first-order chi connectivity index (χ1) is 21.1. The number of halogens is 2. The predicted octanol–water partition coefficient (Wildman–Crippen LogP) is 3.81. The van der Waals surface area contributed by atoms with E-state index in [9.17, 15) is 28.4 Å². The number of carbonyl (C=O) groups excluding carboxylic acids is 2. The first kappa shape index (κ1) is 29.6. The van der Waals surface area contributed by atoms with Crippen molar-refractivity contribution in [3.63, 3.8) is 0 Å². The molecule has 1 saturated carbocycles. The summed E-state index contributed by atoms with van der Waals surface area (Å²) in [5.74, 6) is -3.81. The van der Waals surface area contributed by atoms with Crippen LogP contribution in [0.2, 0.25) is 0 Å². The number of anilines is 1. The third-order valence-electron chi connectivity index (χ3n) is 8.11. The summed E-state index contributed by atoms with van der Waals surface area (Å²) in [5.41, 5.74) is 2.25. The monoisotopic (exact) mass is 602 g/mol. The molecule has 0 bridgehead atoms. The summed E-state index contributed by atoms with van der Waals surface area (Å²) in [6.07, 6.45) is 5.69. The molecule has 2 aromatic heterocycles. The number of hydrogen-bond acceptors (Lipinski definition) is 7. The molecule has 1 aliphatic carbocycles. The Balaban J connectivity index is 1.28. The minimum absolute atomic E-state index is 0.0444. The number of rotatable bonds is 9. The van der Waals surface area contributed by atoms with Gasteiger partial charge in [-0.3, -0.25) is 14.4 Å². The Bertz CT molecular complexity index is 1710. The van der Waals surface area contributed by atoms with Crippen molar-refractivity contribution in [2.75, 3.05) is 31.6 Å². The molecule has 10 nitrogen and oxygen atoms in total. The summed E-state index contributed by atoms with van der Waals surface area (Å²) in [5, 5.41) is 15.5. The maximum Gasteiger partial charge on any atom is 0.282 e. The smallest absolute Gasteiger partial charge is 0.282 e. The molecule has 2 aliphatic heterocycles. The van der Waals surface area contributed by atoms with Crippen molar-refractivity contribution in [1.82, 2.24) is 19.8 Å². The third-order valence-corrected chi connectivity index (χ3v) is 8.11. The summed E-state index contributed by atoms with van der Waals surface area (Å²) in [7, 11) is 1.59. The zero-order valence-corrected chi connectivity index (χ0v) is 24.2. The van der Waals surface area contributed by atoms with Crippen LogP contribution in [0.1, 0.15) is 69.1 Å². The maximum absolute atomic E-state index is 13.6. The molecular formula is C32H32F2N6O4. The van der Waals surface area contributed by atoms with E-state index in [4.69, 9.17) is 4.74 Å². The fourth-order valence-corrected chi connectivity index (χ4v) is 5.64. The van der Waals surface area contributed by atoms with Crippen molar-refractivity contribution in [3.05, 3.63) is 80.9 Å². The molecular weight excluding hydrogens is 570 g/mol. The minimum atomic E-state index is -2.94. The van der Waals surface area contributed by atoms with Gasteiger partial charge in [-0.15, -0.1) is 0 Å². The van der Waals surface area contributed by atoms with Crippen molar-refractivity contribution in [2.45, 2.75) is 50.2 Å². The average molecular weight is 603 g/mol. The average Bonchev–Trinajstić information content (AvgIpc) is 3.72. The minimum Gasteiger partial charge on any atom is -0.377 e. The molecule has 1 atom stereocenters. The lowest BCUT2D eigenvalue weighted by Crippen LogP contribution is -2.58. The molecule has 1 unspecified atom stereocenters. The number of nitrogens with zero attached hydrogens (tertiary/aromatic N) is 4. The molecule has 4 heterocycles. The van der Waals surface area contributed by atoms with Crippen LogP contribution in [0.4, 0.5) is 14.6 Å². The maximum atomic E-state index is 13.6. The van der Waals surface area contributed by atoms with E-state index in [-0.39, 0.29) is 34.5 Å². The standard InChI is InChI=1S/C32H32F2N6O4/c1-39-16-20(14-36-15-23-3-2-8-44-23)10-26(30(39)42)29(41)38-28-12-22(11-27(37-28)21-5-6-21)24-7-4-19(13-35)9-25(24)31(43)40-17-32(33,34)18-40/h4,7,9-12,16,21,23,36H,2-3,5-6,8,14-15,17-18H2,1H3,(H,37,38,41). The molecule has 3 fully saturated rings. The highest BCUT2D eigenvalue weighted by molar-refractivity contribution is 6.05. The van der Waals surface area contributed by atoms with Crippen LogP contribution in [0.5, 0.6) is 0 Å². The van der Waals surface area contributed by atoms with Crippen molar-refractivity contribution >= 4 is 17.6 Å². The van der Waals surface area contributed by atoms with E-state index in [1.165, 1.54) is 10.6 Å². The van der Waals surface area contributed by atoms with Crippen molar-refractivity contribution in [3.8, 4) is 17.2 Å². The number of aryl methyl sites for hydroxylation is 1. The fourth-order valence-electron chi connectivity index (χ4n) is 5.64. The van der Waals surface area contributed by atoms with E-state index >= 15 is 0 Å². The SMILES string of the molecule is Cn1cc(CNCC2CCCO2)cc(C(=O)Nc2cc(-c3ccc(C#N)cc3C(=O)N3CC(F)(F)C3)cc(C3CC3)n2)c1=O. The summed E-state index contributed by atoms with van der Waals surface area (Å²) >= 11 is 0. The van der Waals surface area contributed by atoms with E-state index in [1.807, 2.05) is 12.1 Å². The number of pyridine rings is 2. The van der Waals surface area contributed by atoms with E-state index in [0.29, 0.717) is 29.9 Å². The quantitative estimate of drug-likeness (QED) is 0.381. The van der Waals surface area contributed by atoms with Gasteiger partial charge in [-0.2, -0.15) is 5.26 Å². The van der Waals surface area contributed by atoms with Crippen LogP contribution in [-0.4, -0.2) is 64.5 Å². The Hall–Kier alpha value is -4.47. The van der Waals surface area contributed by atoms with E-state index < -0.39 is 36.4 Å². The van der Waals surface area contributed by atoms with Crippen LogP contribution in [0.15, 0.2) is 47.4 Å². The molecule has 0 spiro atoms. The Morgan fingerprint density at radius 2 is 1.93 bits per heavy atom. The van der Waals surface area contributed by atoms with Crippen molar-refractivity contribution < 1.29 is 23.1 Å². The number of nitriles is 1. The van der Waals surface area contributed by atoms with Crippen molar-refractivity contribution in [1.29, 1.82) is 5.26 Å². The number of nitrogens with one attached hydrogen (secondary N) is 2. The molecule has 0 radical (unpaired) electrons. The zero-order chi connectivity index (χ0) is 31.0. The number of ether oxygens (including phenoxy) is 1. The molecule has 3 aliphatic rings. The highest BCUT2D eigenvalue weighted by Gasteiger charge is 2.46. The topological polar surface area (TPSA) is 129 Å². The van der Waals surface area contributed by atoms with Gasteiger partial charge < -0.3 is 24.8 Å². The number of likely N-dealkylation sites (tertiary alicyclic amines) is 1. The summed E-state index contributed by atoms with van der Waals surface area (Å²) in [6, 6.07) is 11.5. The molecule has 228 valence electrons. The van der Waals surface area contributed by atoms with Crippen LogP contribution < -0.4 is 16.2 Å². The van der Waals surface area contributed by atoms with Gasteiger partial charge in [0.2, 0.25) is 0 Å². The normalized spacial score (nSPS) is 18.9. The van der Waals surface area contributed by atoms with Gasteiger partial charge in [-0.1, -0.05) is 6.07 Å². The number of hydrogen-bond donors (Lipinski definition) is 2. The summed E-state index contributed by atoms with van der Waals surface area (Å²) in [4.78, 5) is 45.3. The van der Waals surface area contributed by atoms with Gasteiger partial charge in [-0.25, -0.2) is 13.8 Å². The molecule has 2 saturated heterocycles. The van der Waals surface area contributed by atoms with Gasteiger partial charge >= 0.3 is 0 Å². The van der Waals surface area contributed by atoms with Gasteiger partial charge in [0.15, 0.2) is 0 Å². The lowest BCUT2D eigenvalue weighted by Gasteiger charge is -2.39. The van der Waals surface area contributed by atoms with Gasteiger partial charge in [0.1, 0.15) is 11.4 Å². The molecule has 2 N–H and O–H groups in total. The third kappa shape index (κ3) is 6.39. The number of amides is 2. The van der Waals surface area contributed by atoms with Crippen LogP contribution in [-0.2, 0) is 18.3 Å². The first-order valence-electron chi connectivity index (χ1n) is 14.7. The van der Waals surface area contributed by atoms with Crippen LogP contribution in [0, 0.1) is 11.3 Å². The lowest BCUT2D eigenvalue weighted by atomic mass is 9.95. The molecule has 3 aromatic rings. The van der Waals surface area contributed by atoms with E-state index in [1.54, 1.807) is 37.5 Å².